The summed E-state index contributed by atoms with van der Waals surface area (Å²) in [5, 5.41) is 11.6. The van der Waals surface area contributed by atoms with Crippen molar-refractivity contribution in [2.75, 3.05) is 19.5 Å². The van der Waals surface area contributed by atoms with Gasteiger partial charge in [0, 0.05) is 28.1 Å². The maximum Gasteiger partial charge on any atom is 0.395 e. The smallest absolute Gasteiger partial charge is 0.395 e. The third-order valence-corrected chi connectivity index (χ3v) is 8.13. The minimum atomic E-state index is -4.65. The molecule has 0 spiro atoms. The maximum absolute atomic E-state index is 13.2. The molecule has 0 saturated carbocycles. The lowest BCUT2D eigenvalue weighted by molar-refractivity contribution is -0.420. The summed E-state index contributed by atoms with van der Waals surface area (Å²) < 4.78 is 76.0. The Morgan fingerprint density at radius 1 is 1.15 bits per heavy atom. The highest BCUT2D eigenvalue weighted by Crippen LogP contribution is 2.36. The van der Waals surface area contributed by atoms with Crippen LogP contribution in [-0.2, 0) is 19.4 Å². The van der Waals surface area contributed by atoms with Gasteiger partial charge in [0.15, 0.2) is 9.84 Å². The van der Waals surface area contributed by atoms with Gasteiger partial charge in [-0.05, 0) is 60.0 Å². The van der Waals surface area contributed by atoms with Gasteiger partial charge in [-0.25, -0.2) is 8.42 Å². The number of halogens is 5. The van der Waals surface area contributed by atoms with Crippen LogP contribution in [0.1, 0.15) is 24.3 Å². The number of nitrogens with zero attached hydrogens (tertiary/aromatic N) is 1. The zero-order chi connectivity index (χ0) is 29.0. The summed E-state index contributed by atoms with van der Waals surface area (Å²) in [7, 11) is -2.77. The van der Waals surface area contributed by atoms with Gasteiger partial charge >= 0.3 is 12.1 Å². The van der Waals surface area contributed by atoms with Gasteiger partial charge in [0.2, 0.25) is 0 Å². The molecule has 14 heteroatoms. The molecule has 0 N–H and O–H groups in total. The average molecular weight is 608 g/mol. The molecule has 0 saturated heterocycles. The van der Waals surface area contributed by atoms with Crippen molar-refractivity contribution in [1.82, 2.24) is 0 Å². The lowest BCUT2D eigenvalue weighted by atomic mass is 9.92. The molecule has 2 aromatic carbocycles. The zero-order valence-electron chi connectivity index (χ0n) is 20.3. The van der Waals surface area contributed by atoms with Crippen LogP contribution in [0.5, 0.6) is 5.75 Å². The van der Waals surface area contributed by atoms with E-state index in [0.717, 1.165) is 6.08 Å². The fraction of sp³-hybridized carbons (Fsp3) is 0.320. The number of methoxy groups -OCH3 is 1. The standard InChI is InChI=1S/C25H22Cl2F3NO7S/c1-37-24(32)10-17(16-8-19(26)12-20(27)9-16)14-39(35,36)23-4-2-22(3-5-23)38-13-15-6-18(25(28,29)30)11-21(7-15)31(33)34/h2-5,7-9,11-12,17-18H,6,10,13-14H2,1H3. The second kappa shape index (κ2) is 12.4. The van der Waals surface area contributed by atoms with Crippen molar-refractivity contribution in [3.63, 3.8) is 0 Å². The Morgan fingerprint density at radius 2 is 1.77 bits per heavy atom. The number of rotatable bonds is 10. The summed E-state index contributed by atoms with van der Waals surface area (Å²) in [6, 6.07) is 9.62. The summed E-state index contributed by atoms with van der Waals surface area (Å²) in [6.45, 7) is -0.361. The van der Waals surface area contributed by atoms with Gasteiger partial charge in [-0.15, -0.1) is 0 Å². The zero-order valence-corrected chi connectivity index (χ0v) is 22.6. The molecule has 0 aliphatic heterocycles. The molecule has 0 bridgehead atoms. The Labute approximate surface area is 232 Å². The normalized spacial score (nSPS) is 16.6. The quantitative estimate of drug-likeness (QED) is 0.180. The van der Waals surface area contributed by atoms with Crippen molar-refractivity contribution in [1.29, 1.82) is 0 Å². The molecule has 2 aromatic rings. The Balaban J connectivity index is 1.75. The van der Waals surface area contributed by atoms with Crippen molar-refractivity contribution in [2.24, 2.45) is 5.92 Å². The number of alkyl halides is 3. The van der Waals surface area contributed by atoms with E-state index in [1.807, 2.05) is 0 Å². The Kier molecular flexibility index (Phi) is 9.68. The number of ether oxygens (including phenoxy) is 2. The third-order valence-electron chi connectivity index (χ3n) is 5.86. The maximum atomic E-state index is 13.2. The molecule has 0 heterocycles. The van der Waals surface area contributed by atoms with Crippen LogP contribution in [0.25, 0.3) is 0 Å². The summed E-state index contributed by atoms with van der Waals surface area (Å²) in [5.41, 5.74) is -0.178. The topological polar surface area (TPSA) is 113 Å². The molecule has 39 heavy (non-hydrogen) atoms. The second-order valence-corrected chi connectivity index (χ2v) is 11.6. The minimum absolute atomic E-state index is 0.0639. The van der Waals surface area contributed by atoms with E-state index in [1.54, 1.807) is 0 Å². The first-order valence-electron chi connectivity index (χ1n) is 11.3. The fourth-order valence-electron chi connectivity index (χ4n) is 3.94. The van der Waals surface area contributed by atoms with Crippen molar-refractivity contribution < 1.29 is 40.8 Å². The van der Waals surface area contributed by atoms with Gasteiger partial charge in [-0.1, -0.05) is 23.2 Å². The number of hydrogen-bond acceptors (Lipinski definition) is 7. The van der Waals surface area contributed by atoms with Gasteiger partial charge in [-0.3, -0.25) is 14.9 Å². The number of carbonyl (C=O) groups is 1. The van der Waals surface area contributed by atoms with Crippen LogP contribution >= 0.6 is 23.2 Å². The highest BCUT2D eigenvalue weighted by atomic mass is 35.5. The van der Waals surface area contributed by atoms with Crippen LogP contribution in [0.4, 0.5) is 13.2 Å². The molecule has 8 nitrogen and oxygen atoms in total. The molecular weight excluding hydrogens is 586 g/mol. The van der Waals surface area contributed by atoms with Gasteiger partial charge in [-0.2, -0.15) is 13.2 Å². The second-order valence-electron chi connectivity index (χ2n) is 8.72. The highest BCUT2D eigenvalue weighted by Gasteiger charge is 2.41. The van der Waals surface area contributed by atoms with Gasteiger partial charge < -0.3 is 9.47 Å². The first-order chi connectivity index (χ1) is 18.2. The highest BCUT2D eigenvalue weighted by molar-refractivity contribution is 7.91. The number of benzene rings is 2. The van der Waals surface area contributed by atoms with Gasteiger partial charge in [0.1, 0.15) is 12.4 Å². The van der Waals surface area contributed by atoms with E-state index in [2.05, 4.69) is 0 Å². The first kappa shape index (κ1) is 30.5. The molecule has 0 aromatic heterocycles. The predicted octanol–water partition coefficient (Wildman–Crippen LogP) is 6.16. The molecule has 2 atom stereocenters. The Hall–Kier alpha value is -3.09. The molecule has 0 fully saturated rings. The van der Waals surface area contributed by atoms with E-state index >= 15 is 0 Å². The number of carbonyl (C=O) groups excluding carboxylic acids is 1. The lowest BCUT2D eigenvalue weighted by Crippen LogP contribution is -2.26. The van der Waals surface area contributed by atoms with E-state index in [-0.39, 0.29) is 39.3 Å². The average Bonchev–Trinajstić information content (AvgIpc) is 2.85. The van der Waals surface area contributed by atoms with E-state index in [9.17, 15) is 36.5 Å². The molecule has 210 valence electrons. The summed E-state index contributed by atoms with van der Waals surface area (Å²) in [5.74, 6) is -3.79. The number of allylic oxidation sites excluding steroid dienone is 2. The monoisotopic (exact) mass is 607 g/mol. The minimum Gasteiger partial charge on any atom is -0.489 e. The van der Waals surface area contributed by atoms with Crippen molar-refractivity contribution >= 4 is 39.0 Å². The van der Waals surface area contributed by atoms with Crippen LogP contribution in [0, 0.1) is 16.0 Å². The molecule has 0 radical (unpaired) electrons. The lowest BCUT2D eigenvalue weighted by Gasteiger charge is -2.21. The molecule has 2 unspecified atom stereocenters. The molecular formula is C25H22Cl2F3NO7S. The fourth-order valence-corrected chi connectivity index (χ4v) is 6.06. The number of hydrogen-bond donors (Lipinski definition) is 0. The van der Waals surface area contributed by atoms with Crippen molar-refractivity contribution in [3.8, 4) is 5.75 Å². The van der Waals surface area contributed by atoms with Crippen LogP contribution in [0.15, 0.2) is 70.8 Å². The SMILES string of the molecule is COC(=O)CC(CS(=O)(=O)c1ccc(OCC2=CC([N+](=O)[O-])=CC(C(F)(F)F)C2)cc1)c1cc(Cl)cc(Cl)c1. The van der Waals surface area contributed by atoms with Crippen molar-refractivity contribution in [3.05, 3.63) is 91.6 Å². The molecule has 3 rings (SSSR count). The van der Waals surface area contributed by atoms with E-state index in [0.29, 0.717) is 11.6 Å². The van der Waals surface area contributed by atoms with Gasteiger partial charge in [0.25, 0.3) is 5.70 Å². The number of sulfone groups is 1. The summed E-state index contributed by atoms with van der Waals surface area (Å²) in [6.07, 6.45) is -3.80. The van der Waals surface area contributed by atoms with Crippen LogP contribution in [-0.4, -0.2) is 45.0 Å². The van der Waals surface area contributed by atoms with E-state index < -0.39 is 56.6 Å². The molecule has 0 amide bonds. The number of esters is 1. The molecule has 1 aliphatic rings. The largest absolute Gasteiger partial charge is 0.489 e. The van der Waals surface area contributed by atoms with Gasteiger partial charge in [0.05, 0.1) is 35.0 Å². The predicted molar refractivity (Wildman–Crippen MR) is 137 cm³/mol. The van der Waals surface area contributed by atoms with Crippen LogP contribution in [0.3, 0.4) is 0 Å². The van der Waals surface area contributed by atoms with E-state index in [4.69, 9.17) is 32.7 Å². The Morgan fingerprint density at radius 3 is 2.31 bits per heavy atom. The van der Waals surface area contributed by atoms with Crippen LogP contribution in [0.2, 0.25) is 10.0 Å². The summed E-state index contributed by atoms with van der Waals surface area (Å²) in [4.78, 5) is 22.0. The number of nitro groups is 1. The Bertz CT molecular complexity index is 1390. The third kappa shape index (κ3) is 8.45. The van der Waals surface area contributed by atoms with Crippen LogP contribution < -0.4 is 4.74 Å². The summed E-state index contributed by atoms with van der Waals surface area (Å²) >= 11 is 12.1. The van der Waals surface area contributed by atoms with Crippen molar-refractivity contribution in [2.45, 2.75) is 29.8 Å². The first-order valence-corrected chi connectivity index (χ1v) is 13.7. The van der Waals surface area contributed by atoms with E-state index in [1.165, 1.54) is 49.6 Å². The molecule has 1 aliphatic carbocycles.